The zero-order chi connectivity index (χ0) is 18.9. The third kappa shape index (κ3) is 1.93. The van der Waals surface area contributed by atoms with Gasteiger partial charge >= 0.3 is 0 Å². The van der Waals surface area contributed by atoms with Crippen LogP contribution in [0.2, 0.25) is 0 Å². The molecule has 0 radical (unpaired) electrons. The van der Waals surface area contributed by atoms with Crippen molar-refractivity contribution in [1.82, 2.24) is 4.57 Å². The highest BCUT2D eigenvalue weighted by molar-refractivity contribution is 5.88. The van der Waals surface area contributed by atoms with Crippen molar-refractivity contribution in [2.24, 2.45) is 7.05 Å². The van der Waals surface area contributed by atoms with E-state index in [0.717, 1.165) is 0 Å². The van der Waals surface area contributed by atoms with E-state index < -0.39 is 0 Å². The molecule has 3 aromatic rings. The van der Waals surface area contributed by atoms with Gasteiger partial charge in [0.1, 0.15) is 0 Å². The van der Waals surface area contributed by atoms with Gasteiger partial charge < -0.3 is 9.47 Å². The Morgan fingerprint density at radius 2 is 1.79 bits per heavy atom. The van der Waals surface area contributed by atoms with Crippen LogP contribution in [0.15, 0.2) is 54.2 Å². The Kier molecular flexibility index (Phi) is 3.39. The monoisotopic (exact) mass is 368 g/mol. The molecule has 0 amide bonds. The summed E-state index contributed by atoms with van der Waals surface area (Å²) in [5.41, 5.74) is 10.4. The second-order valence-electron chi connectivity index (χ2n) is 8.89. The Labute approximate surface area is 167 Å². The van der Waals surface area contributed by atoms with Crippen molar-refractivity contribution in [3.05, 3.63) is 76.6 Å². The molecule has 3 aliphatic rings. The summed E-state index contributed by atoms with van der Waals surface area (Å²) in [6, 6.07) is 16.4. The van der Waals surface area contributed by atoms with Crippen LogP contribution in [-0.4, -0.2) is 11.6 Å². The third-order valence-electron chi connectivity index (χ3n) is 7.64. The minimum absolute atomic E-state index is 0.0164. The molecule has 0 spiro atoms. The second kappa shape index (κ2) is 5.76. The molecule has 0 fully saturated rings. The molecule has 142 valence electrons. The quantitative estimate of drug-likeness (QED) is 0.522. The van der Waals surface area contributed by atoms with Gasteiger partial charge in [0.2, 0.25) is 0 Å². The fraction of sp³-hybridized carbons (Fsp3) is 0.385. The van der Waals surface area contributed by atoms with Crippen LogP contribution in [0.3, 0.4) is 0 Å². The van der Waals surface area contributed by atoms with Crippen LogP contribution in [-0.2, 0) is 25.3 Å². The molecule has 1 aromatic heterocycles. The first-order valence-electron chi connectivity index (χ1n) is 10.9. The van der Waals surface area contributed by atoms with E-state index in [-0.39, 0.29) is 5.41 Å². The number of para-hydroxylation sites is 1. The fourth-order valence-corrected chi connectivity index (χ4v) is 6.33. The first-order valence-corrected chi connectivity index (χ1v) is 10.9. The Morgan fingerprint density at radius 3 is 2.71 bits per heavy atom. The first kappa shape index (κ1) is 16.5. The summed E-state index contributed by atoms with van der Waals surface area (Å²) in [6.07, 6.45) is 11.3. The molecule has 2 heterocycles. The molecule has 2 aromatic carbocycles. The number of aromatic nitrogens is 1. The van der Waals surface area contributed by atoms with Gasteiger partial charge in [0, 0.05) is 42.1 Å². The lowest BCUT2D eigenvalue weighted by Crippen LogP contribution is -2.33. The number of fused-ring (bicyclic) bond motifs is 6. The first-order chi connectivity index (χ1) is 13.7. The predicted molar refractivity (Wildman–Crippen MR) is 117 cm³/mol. The van der Waals surface area contributed by atoms with Gasteiger partial charge in [-0.3, -0.25) is 0 Å². The second-order valence-corrected chi connectivity index (χ2v) is 8.89. The molecule has 6 rings (SSSR count). The van der Waals surface area contributed by atoms with Crippen LogP contribution in [0, 0.1) is 0 Å². The lowest BCUT2D eigenvalue weighted by molar-refractivity contribution is 0.509. The van der Waals surface area contributed by atoms with Gasteiger partial charge in [0.05, 0.1) is 5.41 Å². The van der Waals surface area contributed by atoms with Crippen molar-refractivity contribution in [2.45, 2.75) is 50.4 Å². The highest BCUT2D eigenvalue weighted by atomic mass is 15.2. The summed E-state index contributed by atoms with van der Waals surface area (Å²) in [7, 11) is 4.53. The van der Waals surface area contributed by atoms with Crippen LogP contribution in [0.25, 0.3) is 10.9 Å². The number of anilines is 1. The predicted octanol–water partition coefficient (Wildman–Crippen LogP) is 5.86. The number of benzene rings is 2. The van der Waals surface area contributed by atoms with E-state index in [2.05, 4.69) is 72.1 Å². The number of rotatable bonds is 1. The number of likely N-dealkylation sites (N-methyl/N-ethyl adjacent to an activating group) is 1. The van der Waals surface area contributed by atoms with E-state index in [4.69, 9.17) is 0 Å². The van der Waals surface area contributed by atoms with Crippen LogP contribution in [0.4, 0.5) is 5.69 Å². The van der Waals surface area contributed by atoms with Crippen molar-refractivity contribution >= 4 is 16.6 Å². The van der Waals surface area contributed by atoms with E-state index in [9.17, 15) is 0 Å². The van der Waals surface area contributed by atoms with Crippen molar-refractivity contribution in [3.8, 4) is 0 Å². The fourth-order valence-electron chi connectivity index (χ4n) is 6.33. The highest BCUT2D eigenvalue weighted by Gasteiger charge is 2.48. The van der Waals surface area contributed by atoms with E-state index in [1.54, 1.807) is 11.3 Å². The van der Waals surface area contributed by atoms with E-state index in [1.165, 1.54) is 78.4 Å². The molecule has 0 bridgehead atoms. The molecule has 0 saturated carbocycles. The van der Waals surface area contributed by atoms with Crippen LogP contribution in [0.1, 0.15) is 54.5 Å². The third-order valence-corrected chi connectivity index (χ3v) is 7.64. The highest BCUT2D eigenvalue weighted by Crippen LogP contribution is 2.56. The minimum atomic E-state index is 0.0164. The summed E-state index contributed by atoms with van der Waals surface area (Å²) in [4.78, 5) is 2.44. The molecule has 2 heteroatoms. The Balaban J connectivity index is 1.63. The minimum Gasteiger partial charge on any atom is -0.347 e. The average molecular weight is 369 g/mol. The average Bonchev–Trinajstić information content (AvgIpc) is 3.19. The van der Waals surface area contributed by atoms with Crippen LogP contribution >= 0.6 is 0 Å². The molecule has 0 saturated heterocycles. The molecule has 1 aliphatic heterocycles. The SMILES string of the molecule is CN1C2=CCCCC2(c2ccc3c4c(n(C)c3c2)CCCC4)c2ccccc21. The maximum atomic E-state index is 2.52. The summed E-state index contributed by atoms with van der Waals surface area (Å²) >= 11 is 0. The molecule has 0 N–H and O–H groups in total. The van der Waals surface area contributed by atoms with Gasteiger partial charge in [0.25, 0.3) is 0 Å². The standard InChI is InChI=1S/C26H28N2/c1-27-22-11-5-3-9-19(22)20-15-14-18(17-24(20)27)26-16-8-7-13-25(26)28(2)23-12-6-4-10-21(23)26/h4,6,10,12-15,17H,3,5,7-9,11,16H2,1-2H3. The summed E-state index contributed by atoms with van der Waals surface area (Å²) in [5, 5.41) is 1.48. The van der Waals surface area contributed by atoms with Crippen LogP contribution < -0.4 is 4.90 Å². The smallest absolute Gasteiger partial charge is 0.0621 e. The van der Waals surface area contributed by atoms with Gasteiger partial charge in [-0.1, -0.05) is 36.4 Å². The summed E-state index contributed by atoms with van der Waals surface area (Å²) in [6.45, 7) is 0. The van der Waals surface area contributed by atoms with Gasteiger partial charge in [-0.2, -0.15) is 0 Å². The number of hydrogen-bond acceptors (Lipinski definition) is 1. The summed E-state index contributed by atoms with van der Waals surface area (Å²) < 4.78 is 2.49. The normalized spacial score (nSPS) is 23.4. The van der Waals surface area contributed by atoms with Crippen molar-refractivity contribution < 1.29 is 0 Å². The van der Waals surface area contributed by atoms with Gasteiger partial charge in [-0.05, 0) is 73.8 Å². The maximum Gasteiger partial charge on any atom is 0.0621 e. The Hall–Kier alpha value is -2.48. The number of hydrogen-bond donors (Lipinski definition) is 0. The van der Waals surface area contributed by atoms with E-state index in [1.807, 2.05) is 0 Å². The lowest BCUT2D eigenvalue weighted by Gasteiger charge is -2.36. The number of allylic oxidation sites excluding steroid dienone is 2. The molecule has 1 atom stereocenters. The largest absolute Gasteiger partial charge is 0.347 e. The van der Waals surface area contributed by atoms with E-state index in [0.29, 0.717) is 0 Å². The molecule has 2 nitrogen and oxygen atoms in total. The van der Waals surface area contributed by atoms with Gasteiger partial charge in [0.15, 0.2) is 0 Å². The summed E-state index contributed by atoms with van der Waals surface area (Å²) in [5.74, 6) is 0. The topological polar surface area (TPSA) is 8.17 Å². The van der Waals surface area contributed by atoms with Gasteiger partial charge in [-0.25, -0.2) is 0 Å². The zero-order valence-corrected chi connectivity index (χ0v) is 17.0. The zero-order valence-electron chi connectivity index (χ0n) is 17.0. The number of aryl methyl sites for hydroxylation is 2. The van der Waals surface area contributed by atoms with Crippen molar-refractivity contribution in [2.75, 3.05) is 11.9 Å². The van der Waals surface area contributed by atoms with Crippen LogP contribution in [0.5, 0.6) is 0 Å². The molecule has 28 heavy (non-hydrogen) atoms. The molecule has 2 aliphatic carbocycles. The Bertz CT molecular complexity index is 1130. The van der Waals surface area contributed by atoms with E-state index >= 15 is 0 Å². The maximum absolute atomic E-state index is 2.52. The molecular weight excluding hydrogens is 340 g/mol. The molecular formula is C26H28N2. The van der Waals surface area contributed by atoms with Crippen molar-refractivity contribution in [3.63, 3.8) is 0 Å². The lowest BCUT2D eigenvalue weighted by atomic mass is 9.68. The van der Waals surface area contributed by atoms with Gasteiger partial charge in [-0.15, -0.1) is 0 Å². The molecule has 1 unspecified atom stereocenters. The van der Waals surface area contributed by atoms with Crippen molar-refractivity contribution in [1.29, 1.82) is 0 Å². The number of nitrogens with zero attached hydrogens (tertiary/aromatic N) is 2. The Morgan fingerprint density at radius 1 is 0.929 bits per heavy atom.